The largest absolute Gasteiger partial charge is 0.342 e. The number of hydrogen-bond donors (Lipinski definition) is 1. The van der Waals surface area contributed by atoms with Crippen LogP contribution in [0.15, 0.2) is 24.3 Å². The number of hydrogen-bond acceptors (Lipinski definition) is 3. The molecule has 5 nitrogen and oxygen atoms in total. The minimum absolute atomic E-state index is 0.0615. The van der Waals surface area contributed by atoms with E-state index in [9.17, 15) is 9.59 Å². The van der Waals surface area contributed by atoms with Crippen LogP contribution in [-0.2, 0) is 9.59 Å². The highest BCUT2D eigenvalue weighted by molar-refractivity contribution is 6.30. The molecule has 0 bridgehead atoms. The molecule has 0 saturated carbocycles. The molecule has 2 amide bonds. The molecule has 1 aromatic carbocycles. The quantitative estimate of drug-likeness (QED) is 0.927. The summed E-state index contributed by atoms with van der Waals surface area (Å²) in [5.74, 6) is 0.0359. The van der Waals surface area contributed by atoms with Gasteiger partial charge in [0.25, 0.3) is 0 Å². The molecule has 0 aromatic heterocycles. The Morgan fingerprint density at radius 1 is 1.24 bits per heavy atom. The number of rotatable bonds is 3. The standard InChI is InChI=1S/C15H20ClN3O2/c1-12(20)19-7-3-6-18(8-9-19)11-15(21)17-14-5-2-4-13(16)10-14/h2,4-5,10H,3,6-9,11H2,1H3,(H,17,21). The second kappa shape index (κ2) is 7.43. The van der Waals surface area contributed by atoms with Crippen LogP contribution in [0, 0.1) is 0 Å². The Balaban J connectivity index is 1.84. The van der Waals surface area contributed by atoms with E-state index in [4.69, 9.17) is 11.6 Å². The van der Waals surface area contributed by atoms with E-state index in [0.717, 1.165) is 26.1 Å². The molecule has 2 rings (SSSR count). The molecule has 0 atom stereocenters. The Kier molecular flexibility index (Phi) is 5.59. The number of nitrogens with zero attached hydrogens (tertiary/aromatic N) is 2. The van der Waals surface area contributed by atoms with Crippen LogP contribution in [0.5, 0.6) is 0 Å². The molecule has 0 unspecified atom stereocenters. The smallest absolute Gasteiger partial charge is 0.238 e. The van der Waals surface area contributed by atoms with Crippen molar-refractivity contribution in [2.24, 2.45) is 0 Å². The number of carbonyl (C=O) groups excluding carboxylic acids is 2. The van der Waals surface area contributed by atoms with Gasteiger partial charge in [-0.15, -0.1) is 0 Å². The number of benzene rings is 1. The maximum absolute atomic E-state index is 12.0. The van der Waals surface area contributed by atoms with E-state index in [2.05, 4.69) is 10.2 Å². The number of amides is 2. The maximum atomic E-state index is 12.0. The van der Waals surface area contributed by atoms with Crippen LogP contribution >= 0.6 is 11.6 Å². The first-order chi connectivity index (χ1) is 10.0. The van der Waals surface area contributed by atoms with Crippen molar-refractivity contribution in [3.63, 3.8) is 0 Å². The maximum Gasteiger partial charge on any atom is 0.238 e. The first-order valence-corrected chi connectivity index (χ1v) is 7.45. The van der Waals surface area contributed by atoms with Crippen LogP contribution in [-0.4, -0.2) is 54.3 Å². The van der Waals surface area contributed by atoms with Crippen molar-refractivity contribution in [3.05, 3.63) is 29.3 Å². The van der Waals surface area contributed by atoms with Crippen LogP contribution < -0.4 is 5.32 Å². The van der Waals surface area contributed by atoms with Crippen molar-refractivity contribution in [2.45, 2.75) is 13.3 Å². The molecular weight excluding hydrogens is 290 g/mol. The third kappa shape index (κ3) is 5.02. The number of carbonyl (C=O) groups is 2. The number of halogens is 1. The molecule has 0 radical (unpaired) electrons. The van der Waals surface area contributed by atoms with E-state index in [1.54, 1.807) is 25.1 Å². The average Bonchev–Trinajstić information content (AvgIpc) is 2.64. The lowest BCUT2D eigenvalue weighted by Crippen LogP contribution is -2.37. The van der Waals surface area contributed by atoms with Gasteiger partial charge in [-0.25, -0.2) is 0 Å². The van der Waals surface area contributed by atoms with Gasteiger partial charge in [0.15, 0.2) is 0 Å². The van der Waals surface area contributed by atoms with Gasteiger partial charge >= 0.3 is 0 Å². The van der Waals surface area contributed by atoms with E-state index in [0.29, 0.717) is 23.8 Å². The van der Waals surface area contributed by atoms with Crippen LogP contribution in [0.1, 0.15) is 13.3 Å². The number of anilines is 1. The normalized spacial score (nSPS) is 16.4. The molecule has 1 aliphatic rings. The molecule has 1 aliphatic heterocycles. The first-order valence-electron chi connectivity index (χ1n) is 7.08. The fourth-order valence-electron chi connectivity index (χ4n) is 2.41. The summed E-state index contributed by atoms with van der Waals surface area (Å²) in [6.45, 7) is 4.91. The minimum Gasteiger partial charge on any atom is -0.342 e. The van der Waals surface area contributed by atoms with Crippen molar-refractivity contribution in [1.82, 2.24) is 9.80 Å². The van der Waals surface area contributed by atoms with Gasteiger partial charge in [0.2, 0.25) is 11.8 Å². The fourth-order valence-corrected chi connectivity index (χ4v) is 2.60. The fraction of sp³-hybridized carbons (Fsp3) is 0.467. The molecule has 114 valence electrons. The van der Waals surface area contributed by atoms with Crippen LogP contribution in [0.25, 0.3) is 0 Å². The summed E-state index contributed by atoms with van der Waals surface area (Å²) in [5, 5.41) is 3.44. The molecule has 0 spiro atoms. The van der Waals surface area contributed by atoms with E-state index in [1.807, 2.05) is 11.0 Å². The first kappa shape index (κ1) is 15.8. The van der Waals surface area contributed by atoms with Crippen molar-refractivity contribution in [2.75, 3.05) is 38.0 Å². The molecular formula is C15H20ClN3O2. The van der Waals surface area contributed by atoms with Crippen molar-refractivity contribution in [1.29, 1.82) is 0 Å². The van der Waals surface area contributed by atoms with E-state index in [-0.39, 0.29) is 11.8 Å². The van der Waals surface area contributed by atoms with Gasteiger partial charge in [-0.1, -0.05) is 17.7 Å². The summed E-state index contributed by atoms with van der Waals surface area (Å²) in [5.41, 5.74) is 0.702. The molecule has 1 N–H and O–H groups in total. The third-order valence-corrected chi connectivity index (χ3v) is 3.74. The molecule has 6 heteroatoms. The second-order valence-electron chi connectivity index (χ2n) is 5.19. The highest BCUT2D eigenvalue weighted by atomic mass is 35.5. The van der Waals surface area contributed by atoms with E-state index >= 15 is 0 Å². The Bertz CT molecular complexity index is 521. The highest BCUT2D eigenvalue weighted by Crippen LogP contribution is 2.14. The highest BCUT2D eigenvalue weighted by Gasteiger charge is 2.18. The Morgan fingerprint density at radius 2 is 2.05 bits per heavy atom. The molecule has 21 heavy (non-hydrogen) atoms. The summed E-state index contributed by atoms with van der Waals surface area (Å²) in [7, 11) is 0. The topological polar surface area (TPSA) is 52.7 Å². The molecule has 1 fully saturated rings. The monoisotopic (exact) mass is 309 g/mol. The summed E-state index contributed by atoms with van der Waals surface area (Å²) < 4.78 is 0. The zero-order valence-corrected chi connectivity index (χ0v) is 12.9. The Hall–Kier alpha value is -1.59. The van der Waals surface area contributed by atoms with E-state index in [1.165, 1.54) is 0 Å². The van der Waals surface area contributed by atoms with Gasteiger partial charge in [-0.2, -0.15) is 0 Å². The predicted molar refractivity (Wildman–Crippen MR) is 83.4 cm³/mol. The van der Waals surface area contributed by atoms with Gasteiger partial charge in [-0.05, 0) is 24.6 Å². The minimum atomic E-state index is -0.0615. The van der Waals surface area contributed by atoms with Gasteiger partial charge < -0.3 is 10.2 Å². The number of nitrogens with one attached hydrogen (secondary N) is 1. The van der Waals surface area contributed by atoms with E-state index < -0.39 is 0 Å². The lowest BCUT2D eigenvalue weighted by molar-refractivity contribution is -0.128. The summed E-state index contributed by atoms with van der Waals surface area (Å²) >= 11 is 5.89. The zero-order chi connectivity index (χ0) is 15.2. The predicted octanol–water partition coefficient (Wildman–Crippen LogP) is 1.83. The second-order valence-corrected chi connectivity index (χ2v) is 5.63. The lowest BCUT2D eigenvalue weighted by atomic mass is 10.3. The van der Waals surface area contributed by atoms with Crippen molar-refractivity contribution >= 4 is 29.1 Å². The Morgan fingerprint density at radius 3 is 2.76 bits per heavy atom. The SMILES string of the molecule is CC(=O)N1CCCN(CC(=O)Nc2cccc(Cl)c2)CC1. The van der Waals surface area contributed by atoms with Crippen molar-refractivity contribution in [3.8, 4) is 0 Å². The van der Waals surface area contributed by atoms with Gasteiger partial charge in [-0.3, -0.25) is 14.5 Å². The lowest BCUT2D eigenvalue weighted by Gasteiger charge is -2.20. The summed E-state index contributed by atoms with van der Waals surface area (Å²) in [4.78, 5) is 27.3. The van der Waals surface area contributed by atoms with Gasteiger partial charge in [0.05, 0.1) is 6.54 Å². The van der Waals surface area contributed by atoms with Crippen LogP contribution in [0.2, 0.25) is 5.02 Å². The molecule has 1 heterocycles. The summed E-state index contributed by atoms with van der Waals surface area (Å²) in [6.07, 6.45) is 0.893. The average molecular weight is 310 g/mol. The molecule has 1 saturated heterocycles. The van der Waals surface area contributed by atoms with Crippen molar-refractivity contribution < 1.29 is 9.59 Å². The van der Waals surface area contributed by atoms with Crippen LogP contribution in [0.4, 0.5) is 5.69 Å². The van der Waals surface area contributed by atoms with Gasteiger partial charge in [0, 0.05) is 43.8 Å². The Labute approximate surface area is 129 Å². The van der Waals surface area contributed by atoms with Gasteiger partial charge in [0.1, 0.15) is 0 Å². The zero-order valence-electron chi connectivity index (χ0n) is 12.1. The third-order valence-electron chi connectivity index (χ3n) is 3.51. The summed E-state index contributed by atoms with van der Waals surface area (Å²) in [6, 6.07) is 7.10. The van der Waals surface area contributed by atoms with Crippen LogP contribution in [0.3, 0.4) is 0 Å². The molecule has 0 aliphatic carbocycles. The molecule has 1 aromatic rings.